The smallest absolute Gasteiger partial charge is 0.413 e. The summed E-state index contributed by atoms with van der Waals surface area (Å²) in [7, 11) is 0. The molecule has 0 atom stereocenters. The van der Waals surface area contributed by atoms with Crippen LogP contribution >= 0.6 is 0 Å². The highest BCUT2D eigenvalue weighted by molar-refractivity contribution is 5.89. The molecule has 86 valence electrons. The van der Waals surface area contributed by atoms with E-state index >= 15 is 0 Å². The van der Waals surface area contributed by atoms with Crippen LogP contribution in [0, 0.1) is 0 Å². The van der Waals surface area contributed by atoms with Gasteiger partial charge < -0.3 is 9.47 Å². The molecular weight excluding hydrogens is 217 g/mol. The molecule has 0 spiro atoms. The van der Waals surface area contributed by atoms with Crippen LogP contribution in [0.3, 0.4) is 0 Å². The van der Waals surface area contributed by atoms with Gasteiger partial charge in [0.05, 0.1) is 12.7 Å². The third kappa shape index (κ3) is 6.53. The van der Waals surface area contributed by atoms with E-state index in [2.05, 4.69) is 9.47 Å². The molecule has 0 bridgehead atoms. The largest absolute Gasteiger partial charge is 0.460 e. The van der Waals surface area contributed by atoms with E-state index in [0.29, 0.717) is 0 Å². The van der Waals surface area contributed by atoms with Crippen LogP contribution in [0.4, 0.5) is 13.2 Å². The van der Waals surface area contributed by atoms with Crippen molar-refractivity contribution in [3.8, 4) is 0 Å². The first-order valence-corrected chi connectivity index (χ1v) is 3.91. The first kappa shape index (κ1) is 13.5. The first-order valence-electron chi connectivity index (χ1n) is 3.91. The van der Waals surface area contributed by atoms with E-state index in [9.17, 15) is 22.8 Å². The fourth-order valence-corrected chi connectivity index (χ4v) is 0.636. The number of alkyl halides is 3. The van der Waals surface area contributed by atoms with Crippen LogP contribution in [0.1, 0.15) is 13.8 Å². The summed E-state index contributed by atoms with van der Waals surface area (Å²) in [5.41, 5.74) is 0. The van der Waals surface area contributed by atoms with Crippen molar-refractivity contribution in [3.05, 3.63) is 11.8 Å². The molecule has 0 aromatic heterocycles. The van der Waals surface area contributed by atoms with Crippen LogP contribution in [-0.2, 0) is 19.1 Å². The Hall–Kier alpha value is -1.53. The van der Waals surface area contributed by atoms with Crippen molar-refractivity contribution in [1.29, 1.82) is 0 Å². The minimum atomic E-state index is -4.75. The van der Waals surface area contributed by atoms with E-state index < -0.39 is 30.0 Å². The van der Waals surface area contributed by atoms with Crippen LogP contribution in [0.25, 0.3) is 0 Å². The molecule has 0 radical (unpaired) electrons. The number of halogens is 3. The number of esters is 2. The normalized spacial score (nSPS) is 12.2. The van der Waals surface area contributed by atoms with Gasteiger partial charge in [0.2, 0.25) is 5.76 Å². The van der Waals surface area contributed by atoms with E-state index in [4.69, 9.17) is 0 Å². The van der Waals surface area contributed by atoms with Crippen LogP contribution in [0.2, 0.25) is 0 Å². The number of allylic oxidation sites excluding steroid dienone is 1. The average Bonchev–Trinajstić information content (AvgIpc) is 1.99. The fraction of sp³-hybridized carbons (Fsp3) is 0.500. The van der Waals surface area contributed by atoms with Gasteiger partial charge in [0.1, 0.15) is 0 Å². The van der Waals surface area contributed by atoms with Crippen LogP contribution in [-0.4, -0.2) is 24.7 Å². The lowest BCUT2D eigenvalue weighted by atomic mass is 10.4. The van der Waals surface area contributed by atoms with E-state index in [1.165, 1.54) is 6.92 Å². The van der Waals surface area contributed by atoms with Crippen molar-refractivity contribution in [3.63, 3.8) is 0 Å². The number of ether oxygens (including phenoxy) is 2. The molecule has 0 saturated carbocycles. The Morgan fingerprint density at radius 3 is 2.20 bits per heavy atom. The molecule has 0 aromatic rings. The molecule has 4 nitrogen and oxygen atoms in total. The Morgan fingerprint density at radius 1 is 1.33 bits per heavy atom. The predicted molar refractivity (Wildman–Crippen MR) is 42.5 cm³/mol. The lowest BCUT2D eigenvalue weighted by Crippen LogP contribution is -2.16. The first-order chi connectivity index (χ1) is 6.76. The molecule has 0 aliphatic carbocycles. The van der Waals surface area contributed by atoms with Gasteiger partial charge >= 0.3 is 18.1 Å². The zero-order valence-electron chi connectivity index (χ0n) is 8.05. The van der Waals surface area contributed by atoms with E-state index in [-0.39, 0.29) is 6.61 Å². The summed E-state index contributed by atoms with van der Waals surface area (Å²) >= 11 is 0. The number of rotatable bonds is 3. The molecular formula is C8H9F3O4. The fourth-order valence-electron chi connectivity index (χ4n) is 0.636. The summed E-state index contributed by atoms with van der Waals surface area (Å²) < 4.78 is 44.0. The molecule has 0 aliphatic rings. The summed E-state index contributed by atoms with van der Waals surface area (Å²) in [5, 5.41) is 0. The zero-order valence-corrected chi connectivity index (χ0v) is 8.05. The van der Waals surface area contributed by atoms with Crippen molar-refractivity contribution in [2.75, 3.05) is 6.61 Å². The predicted octanol–water partition coefficient (Wildman–Crippen LogP) is 1.56. The van der Waals surface area contributed by atoms with Gasteiger partial charge in [-0.3, -0.25) is 4.79 Å². The quantitative estimate of drug-likeness (QED) is 0.416. The van der Waals surface area contributed by atoms with Crippen molar-refractivity contribution >= 4 is 11.9 Å². The van der Waals surface area contributed by atoms with E-state index in [0.717, 1.165) is 6.92 Å². The standard InChI is InChI=1S/C8H9F3O4/c1-3-14-7(13)6(15-5(2)12)4-8(9,10)11/h4H,3H2,1-2H3/b6-4-. The van der Waals surface area contributed by atoms with Crippen molar-refractivity contribution in [2.45, 2.75) is 20.0 Å². The highest BCUT2D eigenvalue weighted by Gasteiger charge is 2.29. The van der Waals surface area contributed by atoms with Crippen molar-refractivity contribution < 1.29 is 32.2 Å². The van der Waals surface area contributed by atoms with Crippen LogP contribution < -0.4 is 0 Å². The summed E-state index contributed by atoms with van der Waals surface area (Å²) in [6, 6.07) is 0. The second-order valence-electron chi connectivity index (χ2n) is 2.36. The van der Waals surface area contributed by atoms with E-state index in [1.54, 1.807) is 0 Å². The molecule has 0 aromatic carbocycles. The molecule has 0 fully saturated rings. The topological polar surface area (TPSA) is 52.6 Å². The minimum Gasteiger partial charge on any atom is -0.460 e. The van der Waals surface area contributed by atoms with Crippen molar-refractivity contribution in [1.82, 2.24) is 0 Å². The van der Waals surface area contributed by atoms with Gasteiger partial charge in [-0.1, -0.05) is 0 Å². The molecule has 0 saturated heterocycles. The number of carbonyl (C=O) groups excluding carboxylic acids is 2. The number of carbonyl (C=O) groups is 2. The van der Waals surface area contributed by atoms with Gasteiger partial charge in [-0.15, -0.1) is 0 Å². The monoisotopic (exact) mass is 226 g/mol. The summed E-state index contributed by atoms with van der Waals surface area (Å²) in [5.74, 6) is -3.53. The summed E-state index contributed by atoms with van der Waals surface area (Å²) in [4.78, 5) is 21.3. The molecule has 7 heteroatoms. The summed E-state index contributed by atoms with van der Waals surface area (Å²) in [6.07, 6.45) is -5.18. The molecule has 0 N–H and O–H groups in total. The maximum atomic E-state index is 11.9. The molecule has 0 aliphatic heterocycles. The van der Waals surface area contributed by atoms with Crippen LogP contribution in [0.15, 0.2) is 11.8 Å². The van der Waals surface area contributed by atoms with Gasteiger partial charge in [0.15, 0.2) is 0 Å². The third-order valence-corrected chi connectivity index (χ3v) is 1.03. The maximum Gasteiger partial charge on any atom is 0.413 e. The maximum absolute atomic E-state index is 11.9. The average molecular weight is 226 g/mol. The Bertz CT molecular complexity index is 280. The Kier molecular flexibility index (Phi) is 4.83. The van der Waals surface area contributed by atoms with Gasteiger partial charge in [-0.25, -0.2) is 4.79 Å². The molecule has 15 heavy (non-hydrogen) atoms. The minimum absolute atomic E-state index is 0.116. The Labute approximate surface area is 83.7 Å². The van der Waals surface area contributed by atoms with Gasteiger partial charge in [0, 0.05) is 6.92 Å². The highest BCUT2D eigenvalue weighted by atomic mass is 19.4. The molecule has 0 rings (SSSR count). The Morgan fingerprint density at radius 2 is 1.87 bits per heavy atom. The second-order valence-corrected chi connectivity index (χ2v) is 2.36. The van der Waals surface area contributed by atoms with E-state index in [1.807, 2.05) is 0 Å². The third-order valence-electron chi connectivity index (χ3n) is 1.03. The zero-order chi connectivity index (χ0) is 12.1. The van der Waals surface area contributed by atoms with Gasteiger partial charge in [-0.05, 0) is 6.92 Å². The lowest BCUT2D eigenvalue weighted by molar-refractivity contribution is -0.151. The molecule has 0 heterocycles. The van der Waals surface area contributed by atoms with Crippen LogP contribution in [0.5, 0.6) is 0 Å². The Balaban J connectivity index is 4.80. The highest BCUT2D eigenvalue weighted by Crippen LogP contribution is 2.19. The second kappa shape index (κ2) is 5.38. The number of hydrogen-bond acceptors (Lipinski definition) is 4. The lowest BCUT2D eigenvalue weighted by Gasteiger charge is -2.07. The van der Waals surface area contributed by atoms with Crippen molar-refractivity contribution in [2.24, 2.45) is 0 Å². The molecule has 0 amide bonds. The van der Waals surface area contributed by atoms with Gasteiger partial charge in [-0.2, -0.15) is 13.2 Å². The summed E-state index contributed by atoms with van der Waals surface area (Å²) in [6.45, 7) is 2.18. The SMILES string of the molecule is CCOC(=O)/C(=C/C(F)(F)F)OC(C)=O. The molecule has 0 unspecified atom stereocenters. The van der Waals surface area contributed by atoms with Gasteiger partial charge in [0.25, 0.3) is 0 Å². The number of hydrogen-bond donors (Lipinski definition) is 0.